The molecule has 0 spiro atoms. The van der Waals surface area contributed by atoms with E-state index in [0.717, 1.165) is 41.4 Å². The summed E-state index contributed by atoms with van der Waals surface area (Å²) in [7, 11) is 1.93. The molecule has 0 saturated heterocycles. The van der Waals surface area contributed by atoms with Gasteiger partial charge in [0.05, 0.1) is 6.54 Å². The zero-order valence-corrected chi connectivity index (χ0v) is 15.0. The topological polar surface area (TPSA) is 51.7 Å². The molecule has 0 radical (unpaired) electrons. The summed E-state index contributed by atoms with van der Waals surface area (Å²) in [6.45, 7) is 10.9. The zero-order valence-electron chi connectivity index (χ0n) is 15.0. The van der Waals surface area contributed by atoms with Gasteiger partial charge in [-0.1, -0.05) is 19.2 Å². The molecule has 136 valence electrons. The number of amidine groups is 1. The van der Waals surface area contributed by atoms with Crippen molar-refractivity contribution in [3.05, 3.63) is 72.5 Å². The van der Waals surface area contributed by atoms with Crippen molar-refractivity contribution in [1.29, 1.82) is 0 Å². The first-order valence-corrected chi connectivity index (χ1v) is 8.62. The molecule has 0 unspecified atom stereocenters. The molecule has 0 amide bonds. The van der Waals surface area contributed by atoms with E-state index in [1.54, 1.807) is 6.08 Å². The number of rotatable bonds is 1. The molecule has 26 heavy (non-hydrogen) atoms. The van der Waals surface area contributed by atoms with Crippen molar-refractivity contribution < 1.29 is 4.39 Å². The van der Waals surface area contributed by atoms with Crippen molar-refractivity contribution in [2.45, 2.75) is 0 Å². The minimum Gasteiger partial charge on any atom is -0.384 e. The van der Waals surface area contributed by atoms with Crippen LogP contribution >= 0.6 is 0 Å². The zero-order chi connectivity index (χ0) is 18.5. The van der Waals surface area contributed by atoms with Gasteiger partial charge in [-0.3, -0.25) is 4.99 Å². The van der Waals surface area contributed by atoms with Gasteiger partial charge in [0.1, 0.15) is 17.5 Å². The number of hydrogen-bond donors (Lipinski definition) is 3. The van der Waals surface area contributed by atoms with Crippen LogP contribution in [-0.4, -0.2) is 44.0 Å². The SMILES string of the molecule is C=C/C1=C2/NC(=NCCNCCNC(=C)c3cc(F)cc1c3)C=CN2C. The maximum Gasteiger partial charge on any atom is 0.127 e. The lowest BCUT2D eigenvalue weighted by atomic mass is 10.0. The monoisotopic (exact) mass is 353 g/mol. The number of nitrogens with one attached hydrogen (secondary N) is 3. The Kier molecular flexibility index (Phi) is 5.53. The Morgan fingerprint density at radius 3 is 2.81 bits per heavy atom. The van der Waals surface area contributed by atoms with Gasteiger partial charge in [-0.15, -0.1) is 0 Å². The van der Waals surface area contributed by atoms with Crippen LogP contribution in [0.1, 0.15) is 11.1 Å². The van der Waals surface area contributed by atoms with Crippen LogP contribution in [0.3, 0.4) is 0 Å². The fraction of sp³-hybridized carbons (Fsp3) is 0.250. The highest BCUT2D eigenvalue weighted by atomic mass is 19.1. The van der Waals surface area contributed by atoms with Crippen LogP contribution < -0.4 is 16.0 Å². The fourth-order valence-corrected chi connectivity index (χ4v) is 2.91. The third-order valence-electron chi connectivity index (χ3n) is 4.28. The summed E-state index contributed by atoms with van der Waals surface area (Å²) in [5, 5.41) is 9.88. The molecule has 2 aliphatic rings. The molecular formula is C20H24FN5. The fourth-order valence-electron chi connectivity index (χ4n) is 2.91. The van der Waals surface area contributed by atoms with Crippen LogP contribution in [0, 0.1) is 5.82 Å². The molecule has 6 heteroatoms. The van der Waals surface area contributed by atoms with Crippen molar-refractivity contribution in [2.24, 2.45) is 4.99 Å². The summed E-state index contributed by atoms with van der Waals surface area (Å²) >= 11 is 0. The van der Waals surface area contributed by atoms with Crippen molar-refractivity contribution in [3.8, 4) is 0 Å². The van der Waals surface area contributed by atoms with Crippen LogP contribution in [0.5, 0.6) is 0 Å². The van der Waals surface area contributed by atoms with Gasteiger partial charge in [-0.25, -0.2) is 4.39 Å². The van der Waals surface area contributed by atoms with E-state index in [1.165, 1.54) is 12.1 Å². The number of aliphatic imine (C=N–C) groups is 1. The molecule has 0 atom stereocenters. The first-order valence-electron chi connectivity index (χ1n) is 8.62. The van der Waals surface area contributed by atoms with Crippen LogP contribution in [0.15, 0.2) is 60.5 Å². The highest BCUT2D eigenvalue weighted by Gasteiger charge is 2.17. The lowest BCUT2D eigenvalue weighted by Crippen LogP contribution is -2.35. The molecule has 2 aliphatic heterocycles. The molecule has 0 saturated carbocycles. The standard InChI is InChI=1S/C20H24FN5/c1-4-18-16-11-15(12-17(21)13-16)14(2)23-8-6-22-7-9-24-19-5-10-26(3)20(18)25-19/h4-5,10-13,22-23H,1-2,6-9H2,3H3,(H,24,25)/b20-18+. The molecule has 0 aromatic heterocycles. The number of hydrogen-bond acceptors (Lipinski definition) is 5. The summed E-state index contributed by atoms with van der Waals surface area (Å²) in [4.78, 5) is 6.51. The van der Waals surface area contributed by atoms with Crippen molar-refractivity contribution >= 4 is 17.1 Å². The number of allylic oxidation sites excluding steroid dienone is 2. The van der Waals surface area contributed by atoms with Gasteiger partial charge in [0.25, 0.3) is 0 Å². The Labute approximate surface area is 153 Å². The van der Waals surface area contributed by atoms with Crippen LogP contribution in [0.25, 0.3) is 11.3 Å². The summed E-state index contributed by atoms with van der Waals surface area (Å²) < 4.78 is 14.3. The average molecular weight is 353 g/mol. The van der Waals surface area contributed by atoms with Crippen molar-refractivity contribution in [3.63, 3.8) is 0 Å². The summed E-state index contributed by atoms with van der Waals surface area (Å²) in [6, 6.07) is 4.91. The second kappa shape index (κ2) is 8.01. The maximum absolute atomic E-state index is 14.3. The number of nitrogens with zero attached hydrogens (tertiary/aromatic N) is 2. The lowest BCUT2D eigenvalue weighted by molar-refractivity contribution is 0.535. The minimum absolute atomic E-state index is 0.314. The van der Waals surface area contributed by atoms with Crippen LogP contribution in [0.2, 0.25) is 0 Å². The van der Waals surface area contributed by atoms with E-state index in [1.807, 2.05) is 30.3 Å². The van der Waals surface area contributed by atoms with E-state index in [-0.39, 0.29) is 5.82 Å². The van der Waals surface area contributed by atoms with E-state index in [2.05, 4.69) is 34.1 Å². The molecule has 1 aromatic rings. The van der Waals surface area contributed by atoms with E-state index in [0.29, 0.717) is 18.8 Å². The van der Waals surface area contributed by atoms with E-state index < -0.39 is 0 Å². The first-order chi connectivity index (χ1) is 12.6. The molecule has 4 bridgehead atoms. The van der Waals surface area contributed by atoms with Crippen LogP contribution in [0.4, 0.5) is 4.39 Å². The molecular weight excluding hydrogens is 329 g/mol. The quantitative estimate of drug-likeness (QED) is 0.725. The Balaban J connectivity index is 2.12. The maximum atomic E-state index is 14.3. The van der Waals surface area contributed by atoms with Crippen molar-refractivity contribution in [2.75, 3.05) is 33.2 Å². The largest absolute Gasteiger partial charge is 0.384 e. The minimum atomic E-state index is -0.314. The van der Waals surface area contributed by atoms with Gasteiger partial charge in [-0.05, 0) is 29.8 Å². The second-order valence-corrected chi connectivity index (χ2v) is 6.17. The Hall–Kier alpha value is -2.86. The third-order valence-corrected chi connectivity index (χ3v) is 4.28. The summed E-state index contributed by atoms with van der Waals surface area (Å²) in [5.41, 5.74) is 2.94. The highest BCUT2D eigenvalue weighted by molar-refractivity contribution is 5.97. The predicted octanol–water partition coefficient (Wildman–Crippen LogP) is 2.29. The Bertz CT molecular complexity index is 806. The smallest absolute Gasteiger partial charge is 0.127 e. The second-order valence-electron chi connectivity index (χ2n) is 6.17. The Morgan fingerprint density at radius 1 is 1.19 bits per heavy atom. The van der Waals surface area contributed by atoms with Crippen molar-refractivity contribution in [1.82, 2.24) is 20.9 Å². The lowest BCUT2D eigenvalue weighted by Gasteiger charge is -2.27. The summed E-state index contributed by atoms with van der Waals surface area (Å²) in [6.07, 6.45) is 5.58. The predicted molar refractivity (Wildman–Crippen MR) is 106 cm³/mol. The van der Waals surface area contributed by atoms with E-state index in [9.17, 15) is 4.39 Å². The van der Waals surface area contributed by atoms with Gasteiger partial charge >= 0.3 is 0 Å². The van der Waals surface area contributed by atoms with Gasteiger partial charge in [0, 0.05) is 49.7 Å². The number of halogens is 1. The van der Waals surface area contributed by atoms with E-state index in [4.69, 9.17) is 0 Å². The molecule has 2 heterocycles. The number of benzene rings is 1. The highest BCUT2D eigenvalue weighted by Crippen LogP contribution is 2.26. The molecule has 3 rings (SSSR count). The van der Waals surface area contributed by atoms with Gasteiger partial charge < -0.3 is 20.9 Å². The molecule has 3 N–H and O–H groups in total. The Morgan fingerprint density at radius 2 is 2.00 bits per heavy atom. The summed E-state index contributed by atoms with van der Waals surface area (Å²) in [5.74, 6) is 1.26. The third kappa shape index (κ3) is 4.03. The van der Waals surface area contributed by atoms with Gasteiger partial charge in [0.2, 0.25) is 0 Å². The normalized spacial score (nSPS) is 21.1. The van der Waals surface area contributed by atoms with Gasteiger partial charge in [0.15, 0.2) is 0 Å². The number of fused-ring (bicyclic) bond motifs is 4. The first kappa shape index (κ1) is 17.9. The molecule has 0 fully saturated rings. The van der Waals surface area contributed by atoms with Crippen LogP contribution in [-0.2, 0) is 0 Å². The van der Waals surface area contributed by atoms with E-state index >= 15 is 0 Å². The average Bonchev–Trinajstić information content (AvgIpc) is 2.62. The molecule has 5 nitrogen and oxygen atoms in total. The molecule has 0 aliphatic carbocycles. The molecule has 1 aromatic carbocycles. The van der Waals surface area contributed by atoms with Gasteiger partial charge in [-0.2, -0.15) is 0 Å².